The zero-order chi connectivity index (χ0) is 11.7. The van der Waals surface area contributed by atoms with Crippen LogP contribution in [0.1, 0.15) is 17.4 Å². The van der Waals surface area contributed by atoms with Crippen molar-refractivity contribution in [3.8, 4) is 11.5 Å². The molecule has 4 heteroatoms. The molecular weight excluding hydrogens is 206 g/mol. The smallest absolute Gasteiger partial charge is 0.181 e. The van der Waals surface area contributed by atoms with Crippen molar-refractivity contribution in [1.29, 1.82) is 0 Å². The summed E-state index contributed by atoms with van der Waals surface area (Å²) < 4.78 is 5.06. The second-order valence-electron chi connectivity index (χ2n) is 3.46. The molecule has 0 amide bonds. The fraction of sp³-hybridized carbons (Fsp3) is 0.167. The van der Waals surface area contributed by atoms with Gasteiger partial charge in [-0.15, -0.1) is 0 Å². The molecule has 0 aliphatic carbocycles. The molecule has 1 aromatic heterocycles. The zero-order valence-electron chi connectivity index (χ0n) is 9.02. The Balaban J connectivity index is 2.71. The van der Waals surface area contributed by atoms with Crippen LogP contribution in [0.15, 0.2) is 24.4 Å². The van der Waals surface area contributed by atoms with Gasteiger partial charge in [0, 0.05) is 23.9 Å². The predicted octanol–water partition coefficient (Wildman–Crippen LogP) is 2.15. The lowest BCUT2D eigenvalue weighted by atomic mass is 10.1. The molecule has 82 valence electrons. The fourth-order valence-corrected chi connectivity index (χ4v) is 1.57. The summed E-state index contributed by atoms with van der Waals surface area (Å²) in [5, 5.41) is 11.2. The lowest BCUT2D eigenvalue weighted by Crippen LogP contribution is -1.97. The standard InChI is InChI=1S/C12H11NO3/c1-7(14)11-12(15)10-4-3-9(16-2)5-8(10)6-13-11/h3-6,15H,1-2H3. The maximum absolute atomic E-state index is 11.2. The van der Waals surface area contributed by atoms with Gasteiger partial charge in [-0.3, -0.25) is 4.79 Å². The minimum Gasteiger partial charge on any atom is -0.505 e. The number of aromatic nitrogens is 1. The monoisotopic (exact) mass is 217 g/mol. The molecule has 0 radical (unpaired) electrons. The van der Waals surface area contributed by atoms with Crippen LogP contribution in [0.25, 0.3) is 10.8 Å². The number of benzene rings is 1. The lowest BCUT2D eigenvalue weighted by molar-refractivity contribution is 0.101. The highest BCUT2D eigenvalue weighted by Gasteiger charge is 2.11. The Morgan fingerprint density at radius 2 is 2.19 bits per heavy atom. The van der Waals surface area contributed by atoms with Crippen molar-refractivity contribution in [3.63, 3.8) is 0 Å². The quantitative estimate of drug-likeness (QED) is 0.783. The molecule has 0 aliphatic heterocycles. The summed E-state index contributed by atoms with van der Waals surface area (Å²) in [6.07, 6.45) is 1.55. The van der Waals surface area contributed by atoms with E-state index in [1.807, 2.05) is 0 Å². The van der Waals surface area contributed by atoms with E-state index in [0.717, 1.165) is 5.39 Å². The van der Waals surface area contributed by atoms with Crippen LogP contribution < -0.4 is 4.74 Å². The van der Waals surface area contributed by atoms with Crippen LogP contribution in [-0.2, 0) is 0 Å². The van der Waals surface area contributed by atoms with Crippen molar-refractivity contribution < 1.29 is 14.6 Å². The molecule has 16 heavy (non-hydrogen) atoms. The number of ketones is 1. The number of carbonyl (C=O) groups is 1. The second-order valence-corrected chi connectivity index (χ2v) is 3.46. The molecule has 2 aromatic rings. The van der Waals surface area contributed by atoms with Crippen molar-refractivity contribution in [3.05, 3.63) is 30.1 Å². The summed E-state index contributed by atoms with van der Waals surface area (Å²) in [7, 11) is 1.57. The lowest BCUT2D eigenvalue weighted by Gasteiger charge is -2.06. The van der Waals surface area contributed by atoms with Gasteiger partial charge in [-0.05, 0) is 18.2 Å². The van der Waals surface area contributed by atoms with E-state index in [-0.39, 0.29) is 17.2 Å². The van der Waals surface area contributed by atoms with Gasteiger partial charge in [0.25, 0.3) is 0 Å². The van der Waals surface area contributed by atoms with Crippen molar-refractivity contribution in [2.24, 2.45) is 0 Å². The molecule has 0 aliphatic rings. The van der Waals surface area contributed by atoms with E-state index in [1.54, 1.807) is 31.5 Å². The molecule has 0 saturated heterocycles. The van der Waals surface area contributed by atoms with Crippen LogP contribution in [0.5, 0.6) is 11.5 Å². The van der Waals surface area contributed by atoms with Crippen molar-refractivity contribution in [2.75, 3.05) is 7.11 Å². The first-order chi connectivity index (χ1) is 7.63. The van der Waals surface area contributed by atoms with Gasteiger partial charge < -0.3 is 9.84 Å². The van der Waals surface area contributed by atoms with Crippen LogP contribution in [0.4, 0.5) is 0 Å². The number of methoxy groups -OCH3 is 1. The number of rotatable bonds is 2. The number of hydrogen-bond acceptors (Lipinski definition) is 4. The summed E-state index contributed by atoms with van der Waals surface area (Å²) in [5.74, 6) is 0.354. The van der Waals surface area contributed by atoms with Crippen LogP contribution in [0.3, 0.4) is 0 Å². The summed E-state index contributed by atoms with van der Waals surface area (Å²) in [4.78, 5) is 15.1. The zero-order valence-corrected chi connectivity index (χ0v) is 9.02. The molecule has 0 fully saturated rings. The SMILES string of the molecule is COc1ccc2c(O)c(C(C)=O)ncc2c1. The Hall–Kier alpha value is -2.10. The van der Waals surface area contributed by atoms with Crippen molar-refractivity contribution in [2.45, 2.75) is 6.92 Å². The van der Waals surface area contributed by atoms with Crippen molar-refractivity contribution in [1.82, 2.24) is 4.98 Å². The second kappa shape index (κ2) is 3.81. The minimum absolute atomic E-state index is 0.0762. The van der Waals surface area contributed by atoms with Crippen molar-refractivity contribution >= 4 is 16.6 Å². The summed E-state index contributed by atoms with van der Waals surface area (Å²) >= 11 is 0. The molecule has 2 rings (SSSR count). The summed E-state index contributed by atoms with van der Waals surface area (Å²) in [6, 6.07) is 5.19. The Bertz CT molecular complexity index is 563. The normalized spacial score (nSPS) is 10.4. The minimum atomic E-state index is -0.254. The summed E-state index contributed by atoms with van der Waals surface area (Å²) in [6.45, 7) is 1.37. The number of hydrogen-bond donors (Lipinski definition) is 1. The highest BCUT2D eigenvalue weighted by molar-refractivity contribution is 6.01. The number of aromatic hydroxyl groups is 1. The fourth-order valence-electron chi connectivity index (χ4n) is 1.57. The Labute approximate surface area is 92.5 Å². The highest BCUT2D eigenvalue weighted by atomic mass is 16.5. The largest absolute Gasteiger partial charge is 0.505 e. The third kappa shape index (κ3) is 1.58. The van der Waals surface area contributed by atoms with E-state index in [1.165, 1.54) is 6.92 Å². The first-order valence-electron chi connectivity index (χ1n) is 4.80. The number of pyridine rings is 1. The number of Topliss-reactive ketones (excluding diaryl/α,β-unsaturated/α-hetero) is 1. The third-order valence-corrected chi connectivity index (χ3v) is 2.40. The van der Waals surface area contributed by atoms with E-state index < -0.39 is 0 Å². The van der Waals surface area contributed by atoms with Crippen LogP contribution in [-0.4, -0.2) is 23.0 Å². The Kier molecular flexibility index (Phi) is 2.48. The molecule has 0 bridgehead atoms. The molecule has 0 unspecified atom stereocenters. The van der Waals surface area contributed by atoms with Gasteiger partial charge in [-0.25, -0.2) is 4.98 Å². The average molecular weight is 217 g/mol. The predicted molar refractivity (Wildman–Crippen MR) is 60.0 cm³/mol. The maximum atomic E-state index is 11.2. The Morgan fingerprint density at radius 3 is 2.81 bits per heavy atom. The van der Waals surface area contributed by atoms with E-state index in [2.05, 4.69) is 4.98 Å². The van der Waals surface area contributed by atoms with Crippen LogP contribution in [0.2, 0.25) is 0 Å². The summed E-state index contributed by atoms with van der Waals surface area (Å²) in [5.41, 5.74) is 0.0951. The molecule has 0 saturated carbocycles. The van der Waals surface area contributed by atoms with Gasteiger partial charge in [0.15, 0.2) is 11.5 Å². The van der Waals surface area contributed by atoms with Gasteiger partial charge in [0.05, 0.1) is 7.11 Å². The highest BCUT2D eigenvalue weighted by Crippen LogP contribution is 2.29. The van der Waals surface area contributed by atoms with E-state index in [9.17, 15) is 9.90 Å². The third-order valence-electron chi connectivity index (χ3n) is 2.40. The number of carbonyl (C=O) groups excluding carboxylic acids is 1. The maximum Gasteiger partial charge on any atom is 0.181 e. The van der Waals surface area contributed by atoms with E-state index >= 15 is 0 Å². The van der Waals surface area contributed by atoms with E-state index in [0.29, 0.717) is 11.1 Å². The Morgan fingerprint density at radius 1 is 1.44 bits per heavy atom. The van der Waals surface area contributed by atoms with Gasteiger partial charge in [-0.2, -0.15) is 0 Å². The molecule has 4 nitrogen and oxygen atoms in total. The molecule has 0 atom stereocenters. The van der Waals surface area contributed by atoms with Gasteiger partial charge in [0.1, 0.15) is 11.4 Å². The average Bonchev–Trinajstić information content (AvgIpc) is 2.28. The van der Waals surface area contributed by atoms with Gasteiger partial charge in [-0.1, -0.05) is 0 Å². The molecule has 1 aromatic carbocycles. The molecule has 0 spiro atoms. The first-order valence-corrected chi connectivity index (χ1v) is 4.80. The van der Waals surface area contributed by atoms with Crippen LogP contribution >= 0.6 is 0 Å². The van der Waals surface area contributed by atoms with Crippen LogP contribution in [0, 0.1) is 0 Å². The van der Waals surface area contributed by atoms with Gasteiger partial charge >= 0.3 is 0 Å². The first kappa shape index (κ1) is 10.4. The number of ether oxygens (including phenoxy) is 1. The molecule has 1 N–H and O–H groups in total. The number of fused-ring (bicyclic) bond motifs is 1. The van der Waals surface area contributed by atoms with Gasteiger partial charge in [0.2, 0.25) is 0 Å². The topological polar surface area (TPSA) is 59.4 Å². The molecule has 1 heterocycles. The molecular formula is C12H11NO3. The van der Waals surface area contributed by atoms with E-state index in [4.69, 9.17) is 4.74 Å². The number of nitrogens with zero attached hydrogens (tertiary/aromatic N) is 1.